The summed E-state index contributed by atoms with van der Waals surface area (Å²) in [6.07, 6.45) is 28.6. The first-order valence-electron chi connectivity index (χ1n) is 14.7. The molecule has 0 N–H and O–H groups in total. The quantitative estimate of drug-likeness (QED) is 0.129. The van der Waals surface area contributed by atoms with Crippen molar-refractivity contribution >= 4 is 6.09 Å². The molecule has 0 unspecified atom stereocenters. The van der Waals surface area contributed by atoms with Crippen LogP contribution in [0.1, 0.15) is 162 Å². The van der Waals surface area contributed by atoms with Crippen LogP contribution in [-0.2, 0) is 4.74 Å². The fraction of sp³-hybridized carbons (Fsp3) is 0.966. The molecule has 3 heteroatoms. The van der Waals surface area contributed by atoms with Gasteiger partial charge in [0.1, 0.15) is 0 Å². The molecule has 0 aromatic heterocycles. The highest BCUT2D eigenvalue weighted by Gasteiger charge is 2.14. The Labute approximate surface area is 202 Å². The smallest absolute Gasteiger partial charge is 0.409 e. The summed E-state index contributed by atoms with van der Waals surface area (Å²) in [5.74, 6) is 0. The largest absolute Gasteiger partial charge is 0.449 e. The second-order valence-electron chi connectivity index (χ2n) is 9.82. The van der Waals surface area contributed by atoms with Crippen LogP contribution < -0.4 is 0 Å². The number of carbonyl (C=O) groups excluding carboxylic acids is 1. The number of nitrogens with zero attached hydrogens (tertiary/aromatic N) is 1. The molecular weight excluding hydrogens is 394 g/mol. The number of rotatable bonds is 25. The lowest BCUT2D eigenvalue weighted by molar-refractivity contribution is 0.0994. The van der Waals surface area contributed by atoms with Gasteiger partial charge in [-0.2, -0.15) is 0 Å². The van der Waals surface area contributed by atoms with Crippen molar-refractivity contribution in [1.82, 2.24) is 4.90 Å². The van der Waals surface area contributed by atoms with Gasteiger partial charge < -0.3 is 9.64 Å². The SMILES string of the molecule is CCCCCCCCCCCCN(CCCCCCCCCCCC)C(=O)OCCCC. The molecule has 0 saturated heterocycles. The summed E-state index contributed by atoms with van der Waals surface area (Å²) in [4.78, 5) is 14.5. The lowest BCUT2D eigenvalue weighted by Crippen LogP contribution is -2.33. The van der Waals surface area contributed by atoms with E-state index in [-0.39, 0.29) is 6.09 Å². The third kappa shape index (κ3) is 22.5. The predicted octanol–water partition coefficient (Wildman–Crippen LogP) is 10.1. The summed E-state index contributed by atoms with van der Waals surface area (Å²) in [6.45, 7) is 9.01. The molecule has 0 aromatic carbocycles. The van der Waals surface area contributed by atoms with E-state index in [0.717, 1.165) is 38.8 Å². The van der Waals surface area contributed by atoms with Crippen LogP contribution in [0.2, 0.25) is 0 Å². The Bertz CT molecular complexity index is 348. The first kappa shape index (κ1) is 31.3. The van der Waals surface area contributed by atoms with Gasteiger partial charge in [-0.1, -0.05) is 143 Å². The number of hydrogen-bond donors (Lipinski definition) is 0. The van der Waals surface area contributed by atoms with E-state index in [1.807, 2.05) is 4.90 Å². The zero-order valence-electron chi connectivity index (χ0n) is 22.4. The van der Waals surface area contributed by atoms with Gasteiger partial charge in [0.05, 0.1) is 6.61 Å². The van der Waals surface area contributed by atoms with Gasteiger partial charge in [-0.3, -0.25) is 0 Å². The molecule has 3 nitrogen and oxygen atoms in total. The molecule has 0 aliphatic carbocycles. The molecule has 0 spiro atoms. The third-order valence-electron chi connectivity index (χ3n) is 6.54. The summed E-state index contributed by atoms with van der Waals surface area (Å²) in [6, 6.07) is 0. The average molecular weight is 454 g/mol. The average Bonchev–Trinajstić information content (AvgIpc) is 2.80. The Balaban J connectivity index is 3.87. The van der Waals surface area contributed by atoms with Crippen LogP contribution in [0.25, 0.3) is 0 Å². The molecule has 0 radical (unpaired) electrons. The van der Waals surface area contributed by atoms with E-state index in [1.165, 1.54) is 116 Å². The second kappa shape index (κ2) is 26.5. The number of ether oxygens (including phenoxy) is 1. The zero-order chi connectivity index (χ0) is 23.5. The van der Waals surface area contributed by atoms with Crippen LogP contribution in [-0.4, -0.2) is 30.7 Å². The highest BCUT2D eigenvalue weighted by Crippen LogP contribution is 2.13. The van der Waals surface area contributed by atoms with Gasteiger partial charge in [-0.15, -0.1) is 0 Å². The molecule has 32 heavy (non-hydrogen) atoms. The molecule has 0 rings (SSSR count). The first-order valence-corrected chi connectivity index (χ1v) is 14.7. The van der Waals surface area contributed by atoms with Gasteiger partial charge in [0.15, 0.2) is 0 Å². The number of unbranched alkanes of at least 4 members (excludes halogenated alkanes) is 19. The number of carbonyl (C=O) groups is 1. The molecule has 0 aliphatic heterocycles. The molecule has 0 fully saturated rings. The van der Waals surface area contributed by atoms with Crippen molar-refractivity contribution in [2.75, 3.05) is 19.7 Å². The topological polar surface area (TPSA) is 29.5 Å². The molecule has 192 valence electrons. The van der Waals surface area contributed by atoms with E-state index in [1.54, 1.807) is 0 Å². The summed E-state index contributed by atoms with van der Waals surface area (Å²) in [5, 5.41) is 0. The van der Waals surface area contributed by atoms with E-state index >= 15 is 0 Å². The van der Waals surface area contributed by atoms with Crippen LogP contribution >= 0.6 is 0 Å². The van der Waals surface area contributed by atoms with E-state index < -0.39 is 0 Å². The van der Waals surface area contributed by atoms with E-state index in [4.69, 9.17) is 4.74 Å². The maximum Gasteiger partial charge on any atom is 0.409 e. The van der Waals surface area contributed by atoms with Crippen molar-refractivity contribution in [2.24, 2.45) is 0 Å². The standard InChI is InChI=1S/C29H59NO2/c1-4-7-10-12-14-16-18-20-22-24-26-30(29(31)32-28-9-6-3)27-25-23-21-19-17-15-13-11-8-5-2/h4-28H2,1-3H3. The minimum absolute atomic E-state index is 0.0784. The Morgan fingerprint density at radius 1 is 0.469 bits per heavy atom. The van der Waals surface area contributed by atoms with Crippen molar-refractivity contribution in [1.29, 1.82) is 0 Å². The Morgan fingerprint density at radius 3 is 1.12 bits per heavy atom. The summed E-state index contributed by atoms with van der Waals surface area (Å²) < 4.78 is 5.52. The zero-order valence-corrected chi connectivity index (χ0v) is 22.4. The summed E-state index contributed by atoms with van der Waals surface area (Å²) in [7, 11) is 0. The molecule has 0 bridgehead atoms. The molecule has 1 amide bonds. The summed E-state index contributed by atoms with van der Waals surface area (Å²) in [5.41, 5.74) is 0. The van der Waals surface area contributed by atoms with Gasteiger partial charge in [0.2, 0.25) is 0 Å². The minimum Gasteiger partial charge on any atom is -0.449 e. The maximum atomic E-state index is 12.5. The van der Waals surface area contributed by atoms with Gasteiger partial charge >= 0.3 is 6.09 Å². The Kier molecular flexibility index (Phi) is 25.9. The van der Waals surface area contributed by atoms with Crippen LogP contribution in [0.5, 0.6) is 0 Å². The second-order valence-corrected chi connectivity index (χ2v) is 9.82. The van der Waals surface area contributed by atoms with Gasteiger partial charge in [-0.05, 0) is 19.3 Å². The molecule has 0 aliphatic rings. The van der Waals surface area contributed by atoms with E-state index in [2.05, 4.69) is 20.8 Å². The van der Waals surface area contributed by atoms with Crippen molar-refractivity contribution < 1.29 is 9.53 Å². The number of amides is 1. The Hall–Kier alpha value is -0.730. The third-order valence-corrected chi connectivity index (χ3v) is 6.54. The monoisotopic (exact) mass is 453 g/mol. The minimum atomic E-state index is -0.0784. The first-order chi connectivity index (χ1) is 15.8. The lowest BCUT2D eigenvalue weighted by Gasteiger charge is -2.22. The molecular formula is C29H59NO2. The van der Waals surface area contributed by atoms with Crippen LogP contribution in [0.3, 0.4) is 0 Å². The lowest BCUT2D eigenvalue weighted by atomic mass is 10.1. The highest BCUT2D eigenvalue weighted by molar-refractivity contribution is 5.67. The van der Waals surface area contributed by atoms with Gasteiger partial charge in [0, 0.05) is 13.1 Å². The van der Waals surface area contributed by atoms with Gasteiger partial charge in [-0.25, -0.2) is 4.79 Å². The van der Waals surface area contributed by atoms with Crippen molar-refractivity contribution in [3.63, 3.8) is 0 Å². The number of hydrogen-bond acceptors (Lipinski definition) is 2. The Morgan fingerprint density at radius 2 is 0.781 bits per heavy atom. The van der Waals surface area contributed by atoms with Crippen molar-refractivity contribution in [2.45, 2.75) is 162 Å². The van der Waals surface area contributed by atoms with Crippen molar-refractivity contribution in [3.05, 3.63) is 0 Å². The fourth-order valence-electron chi connectivity index (χ4n) is 4.27. The normalized spacial score (nSPS) is 11.1. The van der Waals surface area contributed by atoms with E-state index in [9.17, 15) is 4.79 Å². The van der Waals surface area contributed by atoms with E-state index in [0.29, 0.717) is 6.61 Å². The van der Waals surface area contributed by atoms with Crippen LogP contribution in [0.4, 0.5) is 4.79 Å². The fourth-order valence-corrected chi connectivity index (χ4v) is 4.27. The maximum absolute atomic E-state index is 12.5. The van der Waals surface area contributed by atoms with Gasteiger partial charge in [0.25, 0.3) is 0 Å². The summed E-state index contributed by atoms with van der Waals surface area (Å²) >= 11 is 0. The highest BCUT2D eigenvalue weighted by atomic mass is 16.6. The predicted molar refractivity (Wildman–Crippen MR) is 142 cm³/mol. The molecule has 0 saturated carbocycles. The van der Waals surface area contributed by atoms with Crippen molar-refractivity contribution in [3.8, 4) is 0 Å². The molecule has 0 atom stereocenters. The van der Waals surface area contributed by atoms with Crippen LogP contribution in [0, 0.1) is 0 Å². The molecule has 0 aromatic rings. The van der Waals surface area contributed by atoms with Crippen LogP contribution in [0.15, 0.2) is 0 Å². The molecule has 0 heterocycles.